The Hall–Kier alpha value is -2.17. The SMILES string of the molecule is COc1cc2[nH]c(C)c(C)nc2c2ncnc12. The molecule has 0 atom stereocenters. The van der Waals surface area contributed by atoms with Crippen molar-refractivity contribution in [3.63, 3.8) is 0 Å². The first-order valence-corrected chi connectivity index (χ1v) is 5.35. The number of aromatic amines is 1. The number of nitrogens with zero attached hydrogens (tertiary/aromatic N) is 3. The quantitative estimate of drug-likeness (QED) is 0.693. The van der Waals surface area contributed by atoms with E-state index in [9.17, 15) is 0 Å². The van der Waals surface area contributed by atoms with Crippen molar-refractivity contribution in [2.75, 3.05) is 7.11 Å². The van der Waals surface area contributed by atoms with Crippen LogP contribution in [0.1, 0.15) is 11.4 Å². The zero-order chi connectivity index (χ0) is 12.0. The van der Waals surface area contributed by atoms with Crippen LogP contribution in [0.15, 0.2) is 12.4 Å². The zero-order valence-corrected chi connectivity index (χ0v) is 9.90. The number of ether oxygens (including phenoxy) is 1. The Kier molecular flexibility index (Phi) is 2.01. The van der Waals surface area contributed by atoms with Crippen molar-refractivity contribution in [2.45, 2.75) is 13.8 Å². The van der Waals surface area contributed by atoms with Crippen LogP contribution in [0.4, 0.5) is 0 Å². The minimum Gasteiger partial charge on any atom is -0.494 e. The molecular weight excluding hydrogens is 216 g/mol. The molecule has 3 aromatic rings. The fourth-order valence-electron chi connectivity index (χ4n) is 1.92. The smallest absolute Gasteiger partial charge is 0.149 e. The van der Waals surface area contributed by atoms with Gasteiger partial charge < -0.3 is 9.72 Å². The maximum atomic E-state index is 5.31. The monoisotopic (exact) mass is 228 g/mol. The van der Waals surface area contributed by atoms with E-state index < -0.39 is 0 Å². The van der Waals surface area contributed by atoms with Crippen molar-refractivity contribution >= 4 is 22.1 Å². The number of fused-ring (bicyclic) bond motifs is 3. The fraction of sp³-hybridized carbons (Fsp3) is 0.250. The molecule has 0 fully saturated rings. The molecule has 0 unspecified atom stereocenters. The van der Waals surface area contributed by atoms with Crippen molar-refractivity contribution < 1.29 is 4.74 Å². The van der Waals surface area contributed by atoms with Gasteiger partial charge in [-0.2, -0.15) is 0 Å². The van der Waals surface area contributed by atoms with Crippen LogP contribution in [-0.4, -0.2) is 27.0 Å². The van der Waals surface area contributed by atoms with E-state index in [1.165, 1.54) is 6.33 Å². The second kappa shape index (κ2) is 3.41. The lowest BCUT2D eigenvalue weighted by molar-refractivity contribution is 0.419. The molecule has 86 valence electrons. The molecule has 2 heterocycles. The Morgan fingerprint density at radius 3 is 2.65 bits per heavy atom. The van der Waals surface area contributed by atoms with Crippen molar-refractivity contribution in [1.82, 2.24) is 19.9 Å². The Morgan fingerprint density at radius 1 is 1.12 bits per heavy atom. The summed E-state index contributed by atoms with van der Waals surface area (Å²) in [5.74, 6) is 0.714. The zero-order valence-electron chi connectivity index (χ0n) is 9.90. The molecule has 0 aliphatic heterocycles. The van der Waals surface area contributed by atoms with Crippen LogP contribution in [0.25, 0.3) is 22.1 Å². The molecular formula is C12H12N4O. The van der Waals surface area contributed by atoms with E-state index in [4.69, 9.17) is 4.74 Å². The van der Waals surface area contributed by atoms with E-state index in [1.807, 2.05) is 19.9 Å². The Balaban J connectivity index is 2.53. The summed E-state index contributed by atoms with van der Waals surface area (Å²) in [5.41, 5.74) is 5.28. The van der Waals surface area contributed by atoms with E-state index in [2.05, 4.69) is 19.9 Å². The van der Waals surface area contributed by atoms with Crippen molar-refractivity contribution in [2.24, 2.45) is 0 Å². The van der Waals surface area contributed by atoms with Gasteiger partial charge in [-0.25, -0.2) is 15.0 Å². The van der Waals surface area contributed by atoms with Crippen LogP contribution in [0.2, 0.25) is 0 Å². The molecule has 0 bridgehead atoms. The number of aromatic nitrogens is 4. The highest BCUT2D eigenvalue weighted by Crippen LogP contribution is 2.29. The molecule has 5 nitrogen and oxygen atoms in total. The van der Waals surface area contributed by atoms with Crippen LogP contribution >= 0.6 is 0 Å². The van der Waals surface area contributed by atoms with Gasteiger partial charge in [0.1, 0.15) is 28.6 Å². The summed E-state index contributed by atoms with van der Waals surface area (Å²) in [6.07, 6.45) is 1.53. The van der Waals surface area contributed by atoms with E-state index >= 15 is 0 Å². The molecule has 0 aliphatic carbocycles. The molecule has 5 heteroatoms. The maximum Gasteiger partial charge on any atom is 0.149 e. The fourth-order valence-corrected chi connectivity index (χ4v) is 1.92. The first-order chi connectivity index (χ1) is 8.20. The van der Waals surface area contributed by atoms with Gasteiger partial charge >= 0.3 is 0 Å². The minimum absolute atomic E-state index is 0.714. The number of aryl methyl sites for hydroxylation is 2. The third-order valence-corrected chi connectivity index (χ3v) is 2.95. The lowest BCUT2D eigenvalue weighted by Gasteiger charge is -2.07. The predicted molar refractivity (Wildman–Crippen MR) is 65.2 cm³/mol. The first-order valence-electron chi connectivity index (χ1n) is 5.35. The molecule has 0 saturated carbocycles. The van der Waals surface area contributed by atoms with Gasteiger partial charge in [-0.3, -0.25) is 0 Å². The van der Waals surface area contributed by atoms with E-state index in [-0.39, 0.29) is 0 Å². The maximum absolute atomic E-state index is 5.31. The van der Waals surface area contributed by atoms with Crippen LogP contribution in [0.3, 0.4) is 0 Å². The summed E-state index contributed by atoms with van der Waals surface area (Å²) in [6, 6.07) is 1.91. The highest BCUT2D eigenvalue weighted by molar-refractivity contribution is 6.03. The van der Waals surface area contributed by atoms with Crippen LogP contribution in [0, 0.1) is 13.8 Å². The van der Waals surface area contributed by atoms with E-state index in [1.54, 1.807) is 7.11 Å². The number of benzene rings is 1. The summed E-state index contributed by atoms with van der Waals surface area (Å²) >= 11 is 0. The number of nitrogens with one attached hydrogen (secondary N) is 1. The number of methoxy groups -OCH3 is 1. The van der Waals surface area contributed by atoms with Gasteiger partial charge in [-0.15, -0.1) is 0 Å². The van der Waals surface area contributed by atoms with Gasteiger partial charge in [0.25, 0.3) is 0 Å². The number of hydrogen-bond acceptors (Lipinski definition) is 4. The molecule has 3 rings (SSSR count). The normalized spacial score (nSPS) is 11.2. The topological polar surface area (TPSA) is 63.7 Å². The van der Waals surface area contributed by atoms with Crippen molar-refractivity contribution in [3.8, 4) is 5.75 Å². The summed E-state index contributed by atoms with van der Waals surface area (Å²) in [6.45, 7) is 3.97. The Morgan fingerprint density at radius 2 is 1.88 bits per heavy atom. The number of rotatable bonds is 1. The average molecular weight is 228 g/mol. The number of hydrogen-bond donors (Lipinski definition) is 1. The summed E-state index contributed by atoms with van der Waals surface area (Å²) in [5, 5.41) is 0. The second-order valence-electron chi connectivity index (χ2n) is 3.99. The molecule has 0 radical (unpaired) electrons. The molecule has 0 amide bonds. The van der Waals surface area contributed by atoms with E-state index in [0.717, 1.165) is 33.5 Å². The van der Waals surface area contributed by atoms with Crippen LogP contribution in [-0.2, 0) is 0 Å². The summed E-state index contributed by atoms with van der Waals surface area (Å²) in [7, 11) is 1.63. The molecule has 0 spiro atoms. The molecule has 17 heavy (non-hydrogen) atoms. The number of H-pyrrole nitrogens is 1. The third kappa shape index (κ3) is 1.35. The lowest BCUT2D eigenvalue weighted by atomic mass is 10.2. The lowest BCUT2D eigenvalue weighted by Crippen LogP contribution is -1.95. The summed E-state index contributed by atoms with van der Waals surface area (Å²) in [4.78, 5) is 16.3. The third-order valence-electron chi connectivity index (χ3n) is 2.95. The Labute approximate surface area is 97.9 Å². The van der Waals surface area contributed by atoms with Crippen LogP contribution < -0.4 is 4.74 Å². The van der Waals surface area contributed by atoms with Gasteiger partial charge in [0, 0.05) is 11.8 Å². The van der Waals surface area contributed by atoms with Gasteiger partial charge in [0.15, 0.2) is 0 Å². The minimum atomic E-state index is 0.714. The standard InChI is InChI=1S/C12H12N4O/c1-6-7(2)16-10-8(15-6)4-9(17-3)11-12(10)14-5-13-11/h4-5,15H,1-3H3. The number of imidazole rings is 1. The Bertz CT molecular complexity index is 717. The average Bonchev–Trinajstić information content (AvgIpc) is 2.79. The van der Waals surface area contributed by atoms with Crippen molar-refractivity contribution in [3.05, 3.63) is 23.8 Å². The molecule has 0 saturated heterocycles. The van der Waals surface area contributed by atoms with Gasteiger partial charge in [0.2, 0.25) is 0 Å². The van der Waals surface area contributed by atoms with Gasteiger partial charge in [0.05, 0.1) is 18.3 Å². The largest absolute Gasteiger partial charge is 0.494 e. The van der Waals surface area contributed by atoms with Gasteiger partial charge in [-0.05, 0) is 13.8 Å². The molecule has 1 aromatic carbocycles. The molecule has 2 aromatic heterocycles. The van der Waals surface area contributed by atoms with Crippen molar-refractivity contribution in [1.29, 1.82) is 0 Å². The summed E-state index contributed by atoms with van der Waals surface area (Å²) < 4.78 is 5.31. The molecule has 1 N–H and O–H groups in total. The molecule has 0 aliphatic rings. The highest BCUT2D eigenvalue weighted by Gasteiger charge is 2.12. The van der Waals surface area contributed by atoms with Crippen LogP contribution in [0.5, 0.6) is 5.75 Å². The highest BCUT2D eigenvalue weighted by atomic mass is 16.5. The second-order valence-corrected chi connectivity index (χ2v) is 3.99. The van der Waals surface area contributed by atoms with E-state index in [0.29, 0.717) is 5.75 Å². The van der Waals surface area contributed by atoms with Gasteiger partial charge in [-0.1, -0.05) is 0 Å². The first kappa shape index (κ1) is 10.0. The predicted octanol–water partition coefficient (Wildman–Crippen LogP) is 2.13.